The summed E-state index contributed by atoms with van der Waals surface area (Å²) < 4.78 is 42.5. The number of pyridine rings is 1. The van der Waals surface area contributed by atoms with Crippen LogP contribution in [0.15, 0.2) is 48.5 Å². The fraction of sp³-hybridized carbons (Fsp3) is 0.355. The van der Waals surface area contributed by atoms with E-state index in [1.165, 1.54) is 24.3 Å². The van der Waals surface area contributed by atoms with E-state index in [4.69, 9.17) is 19.7 Å². The van der Waals surface area contributed by atoms with Crippen LogP contribution in [0.3, 0.4) is 0 Å². The number of hydrogen-bond donors (Lipinski definition) is 1. The maximum atomic E-state index is 14.9. The highest BCUT2D eigenvalue weighted by atomic mass is 19.1. The van der Waals surface area contributed by atoms with Crippen molar-refractivity contribution in [1.29, 1.82) is 5.26 Å². The molecule has 4 aromatic rings. The number of aromatic nitrogens is 3. The van der Waals surface area contributed by atoms with E-state index in [0.717, 1.165) is 49.0 Å². The molecule has 2 aromatic carbocycles. The first-order valence-corrected chi connectivity index (χ1v) is 13.9. The van der Waals surface area contributed by atoms with Crippen molar-refractivity contribution in [3.63, 3.8) is 0 Å². The molecule has 1 saturated carbocycles. The Morgan fingerprint density at radius 1 is 1.10 bits per heavy atom. The predicted molar refractivity (Wildman–Crippen MR) is 146 cm³/mol. The van der Waals surface area contributed by atoms with E-state index >= 15 is 0 Å². The van der Waals surface area contributed by atoms with E-state index in [0.29, 0.717) is 18.8 Å². The maximum Gasteiger partial charge on any atom is 0.335 e. The number of carbonyl (C=O) groups is 1. The minimum Gasteiger partial charge on any atom is -0.478 e. The van der Waals surface area contributed by atoms with Crippen LogP contribution in [0, 0.1) is 34.8 Å². The molecule has 0 spiro atoms. The van der Waals surface area contributed by atoms with Crippen LogP contribution in [0.25, 0.3) is 11.0 Å². The van der Waals surface area contributed by atoms with Crippen LogP contribution in [0.5, 0.6) is 5.88 Å². The van der Waals surface area contributed by atoms with Gasteiger partial charge < -0.3 is 19.1 Å². The molecule has 0 amide bonds. The molecule has 42 heavy (non-hydrogen) atoms. The van der Waals surface area contributed by atoms with Gasteiger partial charge in [0.1, 0.15) is 24.1 Å². The number of ether oxygens (including phenoxy) is 2. The zero-order valence-electron chi connectivity index (χ0n) is 22.5. The lowest BCUT2D eigenvalue weighted by atomic mass is 10.1. The van der Waals surface area contributed by atoms with Crippen LogP contribution in [0.2, 0.25) is 0 Å². The summed E-state index contributed by atoms with van der Waals surface area (Å²) >= 11 is 0. The Bertz CT molecular complexity index is 1740. The molecule has 7 rings (SSSR count). The molecule has 11 heteroatoms. The molecule has 4 heterocycles. The van der Waals surface area contributed by atoms with Gasteiger partial charge in [0.25, 0.3) is 0 Å². The summed E-state index contributed by atoms with van der Waals surface area (Å²) in [5.41, 5.74) is 2.64. The molecule has 4 atom stereocenters. The summed E-state index contributed by atoms with van der Waals surface area (Å²) in [6, 6.07) is 13.8. The smallest absolute Gasteiger partial charge is 0.335 e. The molecule has 2 aromatic heterocycles. The summed E-state index contributed by atoms with van der Waals surface area (Å²) in [5, 5.41) is 18.4. The zero-order chi connectivity index (χ0) is 29.0. The predicted octanol–water partition coefficient (Wildman–Crippen LogP) is 4.49. The van der Waals surface area contributed by atoms with Crippen molar-refractivity contribution in [3.8, 4) is 11.9 Å². The fourth-order valence-electron chi connectivity index (χ4n) is 6.25. The van der Waals surface area contributed by atoms with Gasteiger partial charge >= 0.3 is 5.97 Å². The molecule has 0 bridgehead atoms. The van der Waals surface area contributed by atoms with Gasteiger partial charge in [0.15, 0.2) is 0 Å². The minimum atomic E-state index is -0.978. The van der Waals surface area contributed by atoms with Crippen molar-refractivity contribution in [2.45, 2.75) is 38.1 Å². The van der Waals surface area contributed by atoms with Crippen molar-refractivity contribution in [3.05, 3.63) is 88.4 Å². The fourth-order valence-corrected chi connectivity index (χ4v) is 6.25. The van der Waals surface area contributed by atoms with Crippen molar-refractivity contribution in [2.75, 3.05) is 19.7 Å². The van der Waals surface area contributed by atoms with Gasteiger partial charge in [-0.05, 0) is 54.7 Å². The average molecular weight is 572 g/mol. The number of benzene rings is 2. The Balaban J connectivity index is 1.03. The zero-order valence-corrected chi connectivity index (χ0v) is 22.5. The Morgan fingerprint density at radius 2 is 1.90 bits per heavy atom. The number of nitriles is 1. The normalized spacial score (nSPS) is 22.9. The molecule has 2 aliphatic heterocycles. The Hall–Kier alpha value is -4.40. The monoisotopic (exact) mass is 571 g/mol. The molecular weight excluding hydrogens is 544 g/mol. The van der Waals surface area contributed by atoms with Crippen LogP contribution < -0.4 is 4.74 Å². The lowest BCUT2D eigenvalue weighted by Gasteiger charge is -2.28. The van der Waals surface area contributed by atoms with Crippen LogP contribution in [0.4, 0.5) is 8.78 Å². The highest BCUT2D eigenvalue weighted by Crippen LogP contribution is 2.58. The number of aromatic carboxylic acids is 1. The van der Waals surface area contributed by atoms with E-state index in [1.54, 1.807) is 18.2 Å². The summed E-state index contributed by atoms with van der Waals surface area (Å²) in [6.07, 6.45) is 1.04. The number of fused-ring (bicyclic) bond motifs is 2. The number of imidazole rings is 1. The molecule has 9 nitrogen and oxygen atoms in total. The average Bonchev–Trinajstić information content (AvgIpc) is 3.27. The largest absolute Gasteiger partial charge is 0.478 e. The first-order chi connectivity index (χ1) is 20.4. The summed E-state index contributed by atoms with van der Waals surface area (Å²) in [6.45, 7) is 3.39. The SMILES string of the molecule is N#Cc1ccc(COc2ccc(F)c(C3[C@H]4CN(Cc5nc6ccc(C(=O)O)cc6n5CC5CCO5)C[C@@H]34)n2)c(F)c1. The standard InChI is InChI=1S/C31H27F2N5O4/c32-23-4-6-28(42-16-19-2-1-17(11-34)9-24(19)33)36-30(23)29-21-13-37(14-22(21)29)15-27-35-25-5-3-18(31(39)40)10-26(25)38(27)12-20-7-8-41-20/h1-6,9-10,20-22,29H,7-8,12-16H2,(H,39,40)/t20?,21-,22+,29?. The van der Waals surface area contributed by atoms with Gasteiger partial charge in [-0.25, -0.2) is 23.5 Å². The van der Waals surface area contributed by atoms with Crippen LogP contribution in [-0.4, -0.2) is 56.3 Å². The topological polar surface area (TPSA) is 114 Å². The highest BCUT2D eigenvalue weighted by molar-refractivity contribution is 5.92. The summed E-state index contributed by atoms with van der Waals surface area (Å²) in [4.78, 5) is 23.2. The molecule has 1 N–H and O–H groups in total. The van der Waals surface area contributed by atoms with Crippen molar-refractivity contribution in [1.82, 2.24) is 19.4 Å². The molecule has 3 fully saturated rings. The van der Waals surface area contributed by atoms with Crippen LogP contribution >= 0.6 is 0 Å². The van der Waals surface area contributed by atoms with Gasteiger partial charge in [-0.15, -0.1) is 0 Å². The second-order valence-electron chi connectivity index (χ2n) is 11.2. The number of rotatable bonds is 9. The van der Waals surface area contributed by atoms with E-state index < -0.39 is 11.8 Å². The third-order valence-electron chi connectivity index (χ3n) is 8.61. The van der Waals surface area contributed by atoms with E-state index in [9.17, 15) is 18.7 Å². The van der Waals surface area contributed by atoms with E-state index in [2.05, 4.69) is 14.5 Å². The number of nitrogens with zero attached hydrogens (tertiary/aromatic N) is 5. The number of likely N-dealkylation sites (tertiary alicyclic amines) is 1. The Labute approximate surface area is 239 Å². The maximum absolute atomic E-state index is 14.9. The first-order valence-electron chi connectivity index (χ1n) is 13.9. The third-order valence-corrected chi connectivity index (χ3v) is 8.61. The second-order valence-corrected chi connectivity index (χ2v) is 11.2. The van der Waals surface area contributed by atoms with Gasteiger partial charge in [0.05, 0.1) is 53.1 Å². The molecule has 2 unspecified atom stereocenters. The van der Waals surface area contributed by atoms with Gasteiger partial charge in [-0.1, -0.05) is 6.07 Å². The molecule has 1 aliphatic carbocycles. The Kier molecular flexibility index (Phi) is 6.60. The van der Waals surface area contributed by atoms with Gasteiger partial charge in [-0.3, -0.25) is 4.90 Å². The van der Waals surface area contributed by atoms with Gasteiger partial charge in [-0.2, -0.15) is 5.26 Å². The van der Waals surface area contributed by atoms with Crippen molar-refractivity contribution >= 4 is 17.0 Å². The van der Waals surface area contributed by atoms with Gasteiger partial charge in [0, 0.05) is 37.2 Å². The lowest BCUT2D eigenvalue weighted by Crippen LogP contribution is -2.33. The molecule has 3 aliphatic rings. The summed E-state index contributed by atoms with van der Waals surface area (Å²) in [7, 11) is 0. The number of carboxylic acids is 1. The van der Waals surface area contributed by atoms with Crippen molar-refractivity contribution < 1.29 is 28.2 Å². The third kappa shape index (κ3) is 4.86. The minimum absolute atomic E-state index is 0.0169. The number of piperidine rings is 1. The van der Waals surface area contributed by atoms with Crippen molar-refractivity contribution in [2.24, 2.45) is 11.8 Å². The molecule has 2 saturated heterocycles. The van der Waals surface area contributed by atoms with E-state index in [1.807, 2.05) is 6.07 Å². The summed E-state index contributed by atoms with van der Waals surface area (Å²) in [5.74, 6) is -0.321. The quantitative estimate of drug-likeness (QED) is 0.313. The van der Waals surface area contributed by atoms with Gasteiger partial charge in [0.2, 0.25) is 5.88 Å². The highest BCUT2D eigenvalue weighted by Gasteiger charge is 2.57. The van der Waals surface area contributed by atoms with Crippen LogP contribution in [0.1, 0.15) is 45.3 Å². The second kappa shape index (κ2) is 10.5. The number of carboxylic acid groups (broad SMARTS) is 1. The molecule has 0 radical (unpaired) electrons. The lowest BCUT2D eigenvalue weighted by molar-refractivity contribution is -0.0591. The molecule has 214 valence electrons. The first kappa shape index (κ1) is 26.5. The molecular formula is C31H27F2N5O4. The Morgan fingerprint density at radius 3 is 2.60 bits per heavy atom. The number of halogens is 2. The van der Waals surface area contributed by atoms with E-state index in [-0.39, 0.29) is 58.9 Å². The van der Waals surface area contributed by atoms with Crippen LogP contribution in [-0.2, 0) is 24.4 Å². The number of hydrogen-bond acceptors (Lipinski definition) is 7.